The van der Waals surface area contributed by atoms with E-state index in [0.29, 0.717) is 16.6 Å². The van der Waals surface area contributed by atoms with E-state index in [9.17, 15) is 4.79 Å². The molecule has 1 fully saturated rings. The van der Waals surface area contributed by atoms with E-state index in [1.54, 1.807) is 10.9 Å². The van der Waals surface area contributed by atoms with E-state index < -0.39 is 0 Å². The molecule has 0 atom stereocenters. The molecule has 3 aromatic rings. The number of hydrogen-bond acceptors (Lipinski definition) is 6. The van der Waals surface area contributed by atoms with Gasteiger partial charge in [0, 0.05) is 23.1 Å². The van der Waals surface area contributed by atoms with Crippen molar-refractivity contribution in [1.29, 1.82) is 0 Å². The summed E-state index contributed by atoms with van der Waals surface area (Å²) in [6, 6.07) is 5.63. The van der Waals surface area contributed by atoms with E-state index in [4.69, 9.17) is 27.9 Å². The first-order valence-electron chi connectivity index (χ1n) is 9.47. The molecule has 152 valence electrons. The van der Waals surface area contributed by atoms with Crippen LogP contribution < -0.4 is 4.90 Å². The molecule has 1 saturated heterocycles. The topological polar surface area (TPSA) is 73.1 Å². The number of carbonyl (C=O) groups excluding carboxylic acids is 1. The van der Waals surface area contributed by atoms with Gasteiger partial charge in [-0.15, -0.1) is 0 Å². The number of nitrogens with zero attached hydrogens (tertiary/aromatic N) is 5. The van der Waals surface area contributed by atoms with Crippen molar-refractivity contribution in [3.8, 4) is 0 Å². The highest BCUT2D eigenvalue weighted by atomic mass is 35.5. The predicted octanol–water partition coefficient (Wildman–Crippen LogP) is 3.77. The lowest BCUT2D eigenvalue weighted by Gasteiger charge is -2.33. The number of halogens is 2. The molecule has 2 aromatic heterocycles. The third kappa shape index (κ3) is 4.31. The van der Waals surface area contributed by atoms with Gasteiger partial charge in [-0.1, -0.05) is 23.2 Å². The van der Waals surface area contributed by atoms with Crippen molar-refractivity contribution in [3.63, 3.8) is 0 Å². The molecule has 4 rings (SSSR count). The van der Waals surface area contributed by atoms with E-state index in [2.05, 4.69) is 20.0 Å². The van der Waals surface area contributed by atoms with Gasteiger partial charge < -0.3 is 9.64 Å². The van der Waals surface area contributed by atoms with Gasteiger partial charge in [-0.25, -0.2) is 14.6 Å². The minimum Gasteiger partial charge on any atom is -0.468 e. The molecule has 0 saturated carbocycles. The molecule has 7 nitrogen and oxygen atoms in total. The number of piperidine rings is 1. The average Bonchev–Trinajstić information content (AvgIpc) is 3.14. The normalized spacial score (nSPS) is 15.1. The number of benzene rings is 1. The number of aromatic nitrogens is 4. The zero-order chi connectivity index (χ0) is 20.4. The average molecular weight is 434 g/mol. The van der Waals surface area contributed by atoms with Gasteiger partial charge in [0.1, 0.15) is 18.7 Å². The fraction of sp³-hybridized carbons (Fsp3) is 0.400. The molecule has 29 heavy (non-hydrogen) atoms. The maximum Gasteiger partial charge on any atom is 0.327 e. The van der Waals surface area contributed by atoms with Crippen LogP contribution in [0.2, 0.25) is 10.0 Å². The maximum absolute atomic E-state index is 11.6. The number of carbonyl (C=O) groups is 1. The second kappa shape index (κ2) is 8.55. The van der Waals surface area contributed by atoms with Crippen LogP contribution in [0.25, 0.3) is 11.0 Å². The van der Waals surface area contributed by atoms with Crippen LogP contribution >= 0.6 is 23.2 Å². The smallest absolute Gasteiger partial charge is 0.327 e. The highest BCUT2D eigenvalue weighted by molar-refractivity contribution is 6.33. The van der Waals surface area contributed by atoms with Gasteiger partial charge in [0.2, 0.25) is 0 Å². The van der Waals surface area contributed by atoms with Gasteiger partial charge in [-0.2, -0.15) is 5.10 Å². The summed E-state index contributed by atoms with van der Waals surface area (Å²) in [5.41, 5.74) is 1.74. The monoisotopic (exact) mass is 433 g/mol. The number of ether oxygens (including phenoxy) is 1. The van der Waals surface area contributed by atoms with Gasteiger partial charge in [0.25, 0.3) is 0 Å². The zero-order valence-corrected chi connectivity index (χ0v) is 17.5. The Morgan fingerprint density at radius 2 is 2.03 bits per heavy atom. The van der Waals surface area contributed by atoms with E-state index in [1.165, 1.54) is 13.4 Å². The molecule has 0 bridgehead atoms. The van der Waals surface area contributed by atoms with Crippen LogP contribution in [0.15, 0.2) is 30.7 Å². The standard InChI is InChI=1S/C20H21Cl2N5O2/c1-29-18(28)11-27-20-16(10-25-27)19(23-12-24-20)26-6-4-13(5-7-26)8-14-9-15(21)2-3-17(14)22/h2-3,9-10,12-13H,4-8,11H2,1H3. The van der Waals surface area contributed by atoms with Crippen LogP contribution in [0.4, 0.5) is 5.82 Å². The second-order valence-electron chi connectivity index (χ2n) is 7.18. The summed E-state index contributed by atoms with van der Waals surface area (Å²) < 4.78 is 6.27. The van der Waals surface area contributed by atoms with Gasteiger partial charge in [-0.3, -0.25) is 4.79 Å². The Balaban J connectivity index is 1.46. The van der Waals surface area contributed by atoms with Crippen molar-refractivity contribution < 1.29 is 9.53 Å². The summed E-state index contributed by atoms with van der Waals surface area (Å²) in [6.07, 6.45) is 6.22. The minimum atomic E-state index is -0.365. The molecule has 1 aliphatic heterocycles. The van der Waals surface area contributed by atoms with Crippen LogP contribution in [-0.2, 0) is 22.5 Å². The summed E-state index contributed by atoms with van der Waals surface area (Å²) in [6.45, 7) is 1.80. The molecule has 1 aromatic carbocycles. The summed E-state index contributed by atoms with van der Waals surface area (Å²) in [7, 11) is 1.36. The molecule has 0 spiro atoms. The van der Waals surface area contributed by atoms with Crippen molar-refractivity contribution in [2.45, 2.75) is 25.8 Å². The third-order valence-corrected chi connectivity index (χ3v) is 5.95. The number of anilines is 1. The molecule has 1 aliphatic rings. The summed E-state index contributed by atoms with van der Waals surface area (Å²) >= 11 is 12.4. The molecular formula is C20H21Cl2N5O2. The lowest BCUT2D eigenvalue weighted by molar-refractivity contribution is -0.141. The van der Waals surface area contributed by atoms with Crippen molar-refractivity contribution >= 4 is 46.0 Å². The minimum absolute atomic E-state index is 0.0267. The largest absolute Gasteiger partial charge is 0.468 e. The summed E-state index contributed by atoms with van der Waals surface area (Å²) in [5.74, 6) is 1.03. The van der Waals surface area contributed by atoms with Crippen molar-refractivity contribution in [2.24, 2.45) is 5.92 Å². The number of esters is 1. The van der Waals surface area contributed by atoms with E-state index in [-0.39, 0.29) is 12.5 Å². The van der Waals surface area contributed by atoms with E-state index in [0.717, 1.165) is 54.1 Å². The van der Waals surface area contributed by atoms with Crippen molar-refractivity contribution in [3.05, 3.63) is 46.3 Å². The Morgan fingerprint density at radius 3 is 2.79 bits per heavy atom. The number of rotatable bonds is 5. The number of fused-ring (bicyclic) bond motifs is 1. The zero-order valence-electron chi connectivity index (χ0n) is 16.0. The predicted molar refractivity (Wildman–Crippen MR) is 112 cm³/mol. The van der Waals surface area contributed by atoms with Gasteiger partial charge in [0.05, 0.1) is 18.7 Å². The molecule has 0 radical (unpaired) electrons. The Bertz CT molecular complexity index is 1030. The van der Waals surface area contributed by atoms with E-state index >= 15 is 0 Å². The Kier molecular flexibility index (Phi) is 5.87. The van der Waals surface area contributed by atoms with Gasteiger partial charge in [-0.05, 0) is 48.9 Å². The molecule has 0 aliphatic carbocycles. The van der Waals surface area contributed by atoms with E-state index in [1.807, 2.05) is 18.2 Å². The highest BCUT2D eigenvalue weighted by Crippen LogP contribution is 2.31. The number of hydrogen-bond donors (Lipinski definition) is 0. The van der Waals surface area contributed by atoms with Crippen LogP contribution in [0, 0.1) is 5.92 Å². The lowest BCUT2D eigenvalue weighted by Crippen LogP contribution is -2.35. The molecular weight excluding hydrogens is 413 g/mol. The highest BCUT2D eigenvalue weighted by Gasteiger charge is 2.24. The molecule has 0 amide bonds. The quantitative estimate of drug-likeness (QED) is 0.570. The molecule has 0 unspecified atom stereocenters. The fourth-order valence-electron chi connectivity index (χ4n) is 3.79. The maximum atomic E-state index is 11.6. The Labute approximate surface area is 178 Å². The SMILES string of the molecule is COC(=O)Cn1ncc2c(N3CCC(Cc4cc(Cl)ccc4Cl)CC3)ncnc21. The van der Waals surface area contributed by atoms with Crippen molar-refractivity contribution in [1.82, 2.24) is 19.7 Å². The van der Waals surface area contributed by atoms with Gasteiger partial charge >= 0.3 is 5.97 Å². The third-order valence-electron chi connectivity index (χ3n) is 5.35. The first kappa shape index (κ1) is 19.9. The van der Waals surface area contributed by atoms with Crippen LogP contribution in [0.1, 0.15) is 18.4 Å². The first-order valence-corrected chi connectivity index (χ1v) is 10.2. The molecule has 0 N–H and O–H groups in total. The number of methoxy groups -OCH3 is 1. The van der Waals surface area contributed by atoms with Crippen LogP contribution in [0.5, 0.6) is 0 Å². The summed E-state index contributed by atoms with van der Waals surface area (Å²) in [4.78, 5) is 22.6. The van der Waals surface area contributed by atoms with Crippen molar-refractivity contribution in [2.75, 3.05) is 25.1 Å². The second-order valence-corrected chi connectivity index (χ2v) is 8.03. The lowest BCUT2D eigenvalue weighted by atomic mass is 9.90. The first-order chi connectivity index (χ1) is 14.0. The molecule has 3 heterocycles. The Hall–Kier alpha value is -2.38. The van der Waals surface area contributed by atoms with Gasteiger partial charge in [0.15, 0.2) is 5.65 Å². The van der Waals surface area contributed by atoms with Crippen LogP contribution in [0.3, 0.4) is 0 Å². The Morgan fingerprint density at radius 1 is 1.24 bits per heavy atom. The van der Waals surface area contributed by atoms with Crippen LogP contribution in [-0.4, -0.2) is 45.9 Å². The fourth-order valence-corrected chi connectivity index (χ4v) is 4.18. The molecule has 9 heteroatoms. The summed E-state index contributed by atoms with van der Waals surface area (Å²) in [5, 5.41) is 6.62.